The van der Waals surface area contributed by atoms with Gasteiger partial charge in [-0.05, 0) is 19.1 Å². The smallest absolute Gasteiger partial charge is 0.325 e. The molecule has 2 aromatic carbocycles. The number of carbonyl (C=O) groups is 3. The number of fused-ring (bicyclic) bond motifs is 1. The highest BCUT2D eigenvalue weighted by molar-refractivity contribution is 6.11. The third kappa shape index (κ3) is 2.47. The van der Waals surface area contributed by atoms with E-state index in [0.717, 1.165) is 10.3 Å². The predicted octanol–water partition coefficient (Wildman–Crippen LogP) is 3.08. The maximum atomic E-state index is 12.9. The standard InChI is InChI=1S/C20H16N2O4/c1-20(17-11-14-9-5-6-10-16(14)26-17)18(24)22(19(25)21-20)12-15(23)13-7-3-2-4-8-13/h2-11H,12H2,1H3,(H,21,25)/t20-/m0/s1. The second-order valence-corrected chi connectivity index (χ2v) is 6.38. The zero-order valence-corrected chi connectivity index (χ0v) is 14.1. The van der Waals surface area contributed by atoms with Crippen molar-refractivity contribution >= 4 is 28.7 Å². The topological polar surface area (TPSA) is 79.6 Å². The summed E-state index contributed by atoms with van der Waals surface area (Å²) in [6.45, 7) is 1.27. The van der Waals surface area contributed by atoms with Gasteiger partial charge in [-0.2, -0.15) is 0 Å². The maximum Gasteiger partial charge on any atom is 0.325 e. The minimum absolute atomic E-state index is 0.303. The molecule has 0 saturated carbocycles. The summed E-state index contributed by atoms with van der Waals surface area (Å²) in [5, 5.41) is 3.49. The van der Waals surface area contributed by atoms with Gasteiger partial charge in [0.15, 0.2) is 11.3 Å². The summed E-state index contributed by atoms with van der Waals surface area (Å²) in [5.74, 6) is -0.472. The van der Waals surface area contributed by atoms with Gasteiger partial charge in [0.05, 0.1) is 6.54 Å². The number of urea groups is 1. The summed E-state index contributed by atoms with van der Waals surface area (Å²) < 4.78 is 5.76. The lowest BCUT2D eigenvalue weighted by molar-refractivity contribution is -0.131. The molecule has 4 rings (SSSR count). The molecule has 1 aliphatic heterocycles. The Labute approximate surface area is 149 Å². The Hall–Kier alpha value is -3.41. The maximum absolute atomic E-state index is 12.9. The van der Waals surface area contributed by atoms with Crippen molar-refractivity contribution in [3.05, 3.63) is 72.0 Å². The number of Topliss-reactive ketones (excluding diaryl/α,β-unsaturated/α-hetero) is 1. The molecule has 0 aliphatic carbocycles. The molecular formula is C20H16N2O4. The second kappa shape index (κ2) is 5.84. The summed E-state index contributed by atoms with van der Waals surface area (Å²) >= 11 is 0. The van der Waals surface area contributed by atoms with Crippen molar-refractivity contribution < 1.29 is 18.8 Å². The van der Waals surface area contributed by atoms with Gasteiger partial charge in [-0.3, -0.25) is 14.5 Å². The number of ketones is 1. The van der Waals surface area contributed by atoms with E-state index < -0.39 is 17.5 Å². The zero-order chi connectivity index (χ0) is 18.3. The van der Waals surface area contributed by atoms with E-state index in [4.69, 9.17) is 4.42 Å². The summed E-state index contributed by atoms with van der Waals surface area (Å²) in [7, 11) is 0. The van der Waals surface area contributed by atoms with E-state index in [1.165, 1.54) is 0 Å². The summed E-state index contributed by atoms with van der Waals surface area (Å²) in [5.41, 5.74) is -0.261. The van der Waals surface area contributed by atoms with Crippen molar-refractivity contribution in [3.63, 3.8) is 0 Å². The number of para-hydroxylation sites is 1. The number of hydrogen-bond acceptors (Lipinski definition) is 4. The van der Waals surface area contributed by atoms with Crippen LogP contribution >= 0.6 is 0 Å². The summed E-state index contributed by atoms with van der Waals surface area (Å²) in [4.78, 5) is 38.6. The first kappa shape index (κ1) is 16.1. The highest BCUT2D eigenvalue weighted by Gasteiger charge is 2.51. The van der Waals surface area contributed by atoms with Crippen LogP contribution in [0.1, 0.15) is 23.0 Å². The van der Waals surface area contributed by atoms with Crippen molar-refractivity contribution in [1.82, 2.24) is 10.2 Å². The Morgan fingerprint density at radius 1 is 1.08 bits per heavy atom. The number of nitrogens with zero attached hydrogens (tertiary/aromatic N) is 1. The Morgan fingerprint density at radius 2 is 1.77 bits per heavy atom. The Balaban J connectivity index is 1.63. The minimum atomic E-state index is -1.34. The average Bonchev–Trinajstić information content (AvgIpc) is 3.18. The Kier molecular flexibility index (Phi) is 3.61. The zero-order valence-electron chi connectivity index (χ0n) is 14.1. The largest absolute Gasteiger partial charge is 0.458 e. The van der Waals surface area contributed by atoms with Gasteiger partial charge in [-0.1, -0.05) is 48.5 Å². The van der Waals surface area contributed by atoms with Gasteiger partial charge in [0, 0.05) is 10.9 Å². The molecule has 0 spiro atoms. The number of nitrogens with one attached hydrogen (secondary N) is 1. The fraction of sp³-hybridized carbons (Fsp3) is 0.150. The highest BCUT2D eigenvalue weighted by Crippen LogP contribution is 2.33. The van der Waals surface area contributed by atoms with Gasteiger partial charge >= 0.3 is 6.03 Å². The molecule has 2 heterocycles. The fourth-order valence-corrected chi connectivity index (χ4v) is 3.09. The van der Waals surface area contributed by atoms with Crippen LogP contribution in [0.4, 0.5) is 4.79 Å². The van der Waals surface area contributed by atoms with Crippen LogP contribution < -0.4 is 5.32 Å². The fourth-order valence-electron chi connectivity index (χ4n) is 3.09. The molecule has 6 nitrogen and oxygen atoms in total. The molecule has 1 fully saturated rings. The van der Waals surface area contributed by atoms with Crippen molar-refractivity contribution in [2.75, 3.05) is 6.54 Å². The molecule has 0 radical (unpaired) electrons. The van der Waals surface area contributed by atoms with Crippen molar-refractivity contribution in [1.29, 1.82) is 0 Å². The van der Waals surface area contributed by atoms with E-state index in [9.17, 15) is 14.4 Å². The Bertz CT molecular complexity index is 991. The molecule has 3 aromatic rings. The molecule has 130 valence electrons. The second-order valence-electron chi connectivity index (χ2n) is 6.38. The van der Waals surface area contributed by atoms with Gasteiger partial charge in [0.2, 0.25) is 0 Å². The first-order valence-corrected chi connectivity index (χ1v) is 8.20. The van der Waals surface area contributed by atoms with E-state index in [0.29, 0.717) is 16.9 Å². The SMILES string of the molecule is C[C@@]1(c2cc3ccccc3o2)NC(=O)N(CC(=O)c2ccccc2)C1=O. The van der Waals surface area contributed by atoms with Crippen LogP contribution in [0.15, 0.2) is 65.1 Å². The average molecular weight is 348 g/mol. The minimum Gasteiger partial charge on any atom is -0.458 e. The van der Waals surface area contributed by atoms with E-state index in [1.54, 1.807) is 49.4 Å². The number of carbonyl (C=O) groups excluding carboxylic acids is 3. The third-order valence-electron chi connectivity index (χ3n) is 4.59. The number of amides is 3. The molecule has 1 N–H and O–H groups in total. The summed E-state index contributed by atoms with van der Waals surface area (Å²) in [6.07, 6.45) is 0. The highest BCUT2D eigenvalue weighted by atomic mass is 16.3. The molecule has 0 bridgehead atoms. The lowest BCUT2D eigenvalue weighted by Gasteiger charge is -2.18. The van der Waals surface area contributed by atoms with E-state index in [1.807, 2.05) is 18.2 Å². The monoisotopic (exact) mass is 348 g/mol. The van der Waals surface area contributed by atoms with Crippen molar-refractivity contribution in [3.8, 4) is 0 Å². The molecule has 0 unspecified atom stereocenters. The quantitative estimate of drug-likeness (QED) is 0.580. The lowest BCUT2D eigenvalue weighted by atomic mass is 9.98. The molecule has 1 aromatic heterocycles. The van der Waals surface area contributed by atoms with Crippen LogP contribution in [-0.2, 0) is 10.3 Å². The van der Waals surface area contributed by atoms with Crippen molar-refractivity contribution in [2.24, 2.45) is 0 Å². The van der Waals surface area contributed by atoms with Crippen LogP contribution in [0.2, 0.25) is 0 Å². The lowest BCUT2D eigenvalue weighted by Crippen LogP contribution is -2.41. The molecule has 1 aliphatic rings. The molecule has 6 heteroatoms. The van der Waals surface area contributed by atoms with Crippen LogP contribution in [-0.4, -0.2) is 29.2 Å². The number of rotatable bonds is 4. The number of hydrogen-bond donors (Lipinski definition) is 1. The van der Waals surface area contributed by atoms with Gasteiger partial charge < -0.3 is 9.73 Å². The first-order chi connectivity index (χ1) is 12.5. The van der Waals surface area contributed by atoms with Gasteiger partial charge in [-0.25, -0.2) is 4.79 Å². The van der Waals surface area contributed by atoms with Crippen LogP contribution in [0.5, 0.6) is 0 Å². The van der Waals surface area contributed by atoms with E-state index in [-0.39, 0.29) is 12.3 Å². The number of furan rings is 1. The van der Waals surface area contributed by atoms with Crippen LogP contribution in [0, 0.1) is 0 Å². The first-order valence-electron chi connectivity index (χ1n) is 8.20. The number of imide groups is 1. The normalized spacial score (nSPS) is 19.8. The molecule has 3 amide bonds. The van der Waals surface area contributed by atoms with Gasteiger partial charge in [-0.15, -0.1) is 0 Å². The third-order valence-corrected chi connectivity index (χ3v) is 4.59. The van der Waals surface area contributed by atoms with Gasteiger partial charge in [0.25, 0.3) is 5.91 Å². The predicted molar refractivity (Wildman–Crippen MR) is 94.6 cm³/mol. The van der Waals surface area contributed by atoms with E-state index >= 15 is 0 Å². The molecule has 26 heavy (non-hydrogen) atoms. The van der Waals surface area contributed by atoms with Gasteiger partial charge in [0.1, 0.15) is 11.3 Å². The number of benzene rings is 2. The summed E-state index contributed by atoms with van der Waals surface area (Å²) in [6, 6.07) is 17.0. The molecule has 1 atom stereocenters. The van der Waals surface area contributed by atoms with Crippen LogP contribution in [0.3, 0.4) is 0 Å². The molecular weight excluding hydrogens is 332 g/mol. The Morgan fingerprint density at radius 3 is 2.50 bits per heavy atom. The van der Waals surface area contributed by atoms with Crippen LogP contribution in [0.25, 0.3) is 11.0 Å². The van der Waals surface area contributed by atoms with Crippen molar-refractivity contribution in [2.45, 2.75) is 12.5 Å². The van der Waals surface area contributed by atoms with E-state index in [2.05, 4.69) is 5.32 Å². The molecule has 1 saturated heterocycles.